The fourth-order valence-electron chi connectivity index (χ4n) is 3.75. The molecule has 4 aromatic carbocycles. The topological polar surface area (TPSA) is 164 Å². The summed E-state index contributed by atoms with van der Waals surface area (Å²) in [4.78, 5) is 46.7. The van der Waals surface area contributed by atoms with Gasteiger partial charge in [0.25, 0.3) is 0 Å². The molecular weight excluding hydrogens is 544 g/mol. The number of ether oxygens (including phenoxy) is 2. The summed E-state index contributed by atoms with van der Waals surface area (Å²) in [5.74, 6) is -1.94. The first-order chi connectivity index (χ1) is 20.1. The third-order valence-corrected chi connectivity index (χ3v) is 5.75. The van der Waals surface area contributed by atoms with E-state index in [0.717, 1.165) is 11.1 Å². The zero-order valence-corrected chi connectivity index (χ0v) is 22.3. The number of carbonyl (C=O) groups is 2. The van der Waals surface area contributed by atoms with Gasteiger partial charge in [0.1, 0.15) is 0 Å². The fraction of sp³-hybridized carbons (Fsp3) is 0.0667. The zero-order valence-electron chi connectivity index (χ0n) is 22.3. The van der Waals surface area contributed by atoms with Crippen LogP contribution in [0, 0.1) is 34.1 Å². The molecule has 0 N–H and O–H groups in total. The molecule has 0 heterocycles. The monoisotopic (exact) mass is 566 g/mol. The van der Waals surface area contributed by atoms with Crippen molar-refractivity contribution in [2.75, 3.05) is 0 Å². The second kappa shape index (κ2) is 12.9. The van der Waals surface area contributed by atoms with Crippen LogP contribution in [0.2, 0.25) is 0 Å². The summed E-state index contributed by atoms with van der Waals surface area (Å²) in [6.07, 6.45) is 2.45. The van der Waals surface area contributed by atoms with Crippen LogP contribution in [0.5, 0.6) is 11.5 Å². The van der Waals surface area contributed by atoms with Crippen molar-refractivity contribution in [1.29, 1.82) is 0 Å². The Kier molecular flexibility index (Phi) is 8.88. The molecule has 0 radical (unpaired) electrons. The van der Waals surface area contributed by atoms with Gasteiger partial charge >= 0.3 is 23.3 Å². The standard InChI is InChI=1S/C30H22N4O8/c1-19-5-3-7-23(13-19)29(35)41-27-11-9-21(15-25(27)33(37)38)17-31-32-18-22-10-12-28(26(16-22)34(39)40)42-30(36)24-8-4-6-20(2)14-24/h3-18H,1-2H3/b31-17+,32-18+. The Morgan fingerprint density at radius 3 is 1.40 bits per heavy atom. The van der Waals surface area contributed by atoms with Crippen molar-refractivity contribution in [3.63, 3.8) is 0 Å². The van der Waals surface area contributed by atoms with Gasteiger partial charge in [0.2, 0.25) is 11.5 Å². The minimum atomic E-state index is -0.738. The number of nitro groups is 2. The van der Waals surface area contributed by atoms with Crippen LogP contribution >= 0.6 is 0 Å². The van der Waals surface area contributed by atoms with Gasteiger partial charge in [0, 0.05) is 23.3 Å². The van der Waals surface area contributed by atoms with Crippen molar-refractivity contribution >= 4 is 35.7 Å². The predicted octanol–water partition coefficient (Wildman–Crippen LogP) is 6.01. The summed E-state index contributed by atoms with van der Waals surface area (Å²) in [5.41, 5.74) is 1.85. The summed E-state index contributed by atoms with van der Waals surface area (Å²) in [5, 5.41) is 30.9. The Bertz CT molecular complexity index is 1640. The molecule has 0 fully saturated rings. The van der Waals surface area contributed by atoms with Crippen LogP contribution in [0.3, 0.4) is 0 Å². The maximum absolute atomic E-state index is 12.4. The van der Waals surface area contributed by atoms with Crippen LogP contribution in [0.15, 0.2) is 95.1 Å². The lowest BCUT2D eigenvalue weighted by Gasteiger charge is -2.06. The second-order valence-corrected chi connectivity index (χ2v) is 8.98. The van der Waals surface area contributed by atoms with E-state index in [1.54, 1.807) is 62.4 Å². The highest BCUT2D eigenvalue weighted by molar-refractivity contribution is 5.93. The van der Waals surface area contributed by atoms with E-state index >= 15 is 0 Å². The number of hydrogen-bond acceptors (Lipinski definition) is 10. The van der Waals surface area contributed by atoms with Crippen LogP contribution in [0.1, 0.15) is 43.0 Å². The third-order valence-electron chi connectivity index (χ3n) is 5.75. The van der Waals surface area contributed by atoms with E-state index < -0.39 is 33.2 Å². The molecule has 0 saturated heterocycles. The summed E-state index contributed by atoms with van der Waals surface area (Å²) in [6, 6.07) is 21.0. The minimum Gasteiger partial charge on any atom is -0.416 e. The lowest BCUT2D eigenvalue weighted by molar-refractivity contribution is -0.385. The van der Waals surface area contributed by atoms with Gasteiger partial charge in [0.05, 0.1) is 33.4 Å². The quantitative estimate of drug-likeness (QED) is 0.0781. The molecule has 210 valence electrons. The number of hydrogen-bond donors (Lipinski definition) is 0. The van der Waals surface area contributed by atoms with Crippen LogP contribution in [0.25, 0.3) is 0 Å². The van der Waals surface area contributed by atoms with Crippen molar-refractivity contribution in [2.45, 2.75) is 13.8 Å². The summed E-state index contributed by atoms with van der Waals surface area (Å²) >= 11 is 0. The lowest BCUT2D eigenvalue weighted by Crippen LogP contribution is -2.10. The normalized spacial score (nSPS) is 11.0. The van der Waals surface area contributed by atoms with E-state index in [2.05, 4.69) is 10.2 Å². The van der Waals surface area contributed by atoms with Crippen LogP contribution in [-0.2, 0) is 0 Å². The number of nitro benzene ring substituents is 2. The van der Waals surface area contributed by atoms with Crippen molar-refractivity contribution < 1.29 is 28.9 Å². The first-order valence-electron chi connectivity index (χ1n) is 12.3. The Morgan fingerprint density at radius 1 is 0.643 bits per heavy atom. The SMILES string of the molecule is Cc1cccc(C(=O)Oc2ccc(/C=N/N=C/c3ccc(OC(=O)c4cccc(C)c4)c([N+](=O)[O-])c3)cc2[N+](=O)[O-])c1. The Morgan fingerprint density at radius 2 is 1.05 bits per heavy atom. The Hall–Kier alpha value is -6.04. The van der Waals surface area contributed by atoms with Crippen molar-refractivity contribution in [1.82, 2.24) is 0 Å². The first-order valence-corrected chi connectivity index (χ1v) is 12.3. The highest BCUT2D eigenvalue weighted by Crippen LogP contribution is 2.29. The van der Waals surface area contributed by atoms with Crippen LogP contribution in [-0.4, -0.2) is 34.2 Å². The van der Waals surface area contributed by atoms with Crippen molar-refractivity contribution in [3.05, 3.63) is 139 Å². The molecular formula is C30H22N4O8. The molecule has 0 aliphatic heterocycles. The third kappa shape index (κ3) is 7.33. The average molecular weight is 567 g/mol. The maximum Gasteiger partial charge on any atom is 0.343 e. The summed E-state index contributed by atoms with van der Waals surface area (Å²) in [6.45, 7) is 3.60. The minimum absolute atomic E-state index is 0.234. The highest BCUT2D eigenvalue weighted by atomic mass is 16.6. The fourth-order valence-corrected chi connectivity index (χ4v) is 3.75. The van der Waals surface area contributed by atoms with E-state index in [9.17, 15) is 29.8 Å². The molecule has 4 aromatic rings. The molecule has 0 aliphatic rings. The number of rotatable bonds is 9. The van der Waals surface area contributed by atoms with Crippen molar-refractivity contribution in [2.24, 2.45) is 10.2 Å². The molecule has 0 bridgehead atoms. The number of esters is 2. The van der Waals surface area contributed by atoms with Crippen LogP contribution < -0.4 is 9.47 Å². The summed E-state index contributed by atoms with van der Waals surface area (Å²) in [7, 11) is 0. The number of carbonyl (C=O) groups excluding carboxylic acids is 2. The molecule has 0 unspecified atom stereocenters. The molecule has 0 spiro atoms. The van der Waals surface area contributed by atoms with Crippen molar-refractivity contribution in [3.8, 4) is 11.5 Å². The number of nitrogens with zero attached hydrogens (tertiary/aromatic N) is 4. The highest BCUT2D eigenvalue weighted by Gasteiger charge is 2.21. The largest absolute Gasteiger partial charge is 0.416 e. The van der Waals surface area contributed by atoms with Gasteiger partial charge in [-0.1, -0.05) is 35.4 Å². The molecule has 12 nitrogen and oxygen atoms in total. The molecule has 4 rings (SSSR count). The lowest BCUT2D eigenvalue weighted by atomic mass is 10.1. The van der Waals surface area contributed by atoms with E-state index in [1.165, 1.54) is 48.8 Å². The van der Waals surface area contributed by atoms with E-state index in [4.69, 9.17) is 9.47 Å². The summed E-state index contributed by atoms with van der Waals surface area (Å²) < 4.78 is 10.5. The van der Waals surface area contributed by atoms with Gasteiger partial charge in [-0.25, -0.2) is 9.59 Å². The molecule has 12 heteroatoms. The van der Waals surface area contributed by atoms with Crippen LogP contribution in [0.4, 0.5) is 11.4 Å². The van der Waals surface area contributed by atoms with Gasteiger partial charge in [-0.15, -0.1) is 0 Å². The van der Waals surface area contributed by atoms with Gasteiger partial charge in [-0.3, -0.25) is 20.2 Å². The van der Waals surface area contributed by atoms with E-state index in [-0.39, 0.29) is 22.6 Å². The van der Waals surface area contributed by atoms with E-state index in [0.29, 0.717) is 11.1 Å². The molecule has 0 aromatic heterocycles. The molecule has 42 heavy (non-hydrogen) atoms. The van der Waals surface area contributed by atoms with E-state index in [1.807, 2.05) is 0 Å². The smallest absolute Gasteiger partial charge is 0.343 e. The Labute approximate surface area is 238 Å². The van der Waals surface area contributed by atoms with Gasteiger partial charge in [-0.05, 0) is 62.4 Å². The van der Waals surface area contributed by atoms with Gasteiger partial charge < -0.3 is 9.47 Å². The molecule has 0 atom stereocenters. The Balaban J connectivity index is 1.47. The zero-order chi connectivity index (χ0) is 30.2. The molecule has 0 amide bonds. The van der Waals surface area contributed by atoms with Gasteiger partial charge in [0.15, 0.2) is 0 Å². The molecule has 0 saturated carbocycles. The number of benzene rings is 4. The average Bonchev–Trinajstić information content (AvgIpc) is 2.96. The predicted molar refractivity (Wildman–Crippen MR) is 154 cm³/mol. The molecule has 0 aliphatic carbocycles. The van der Waals surface area contributed by atoms with Gasteiger partial charge in [-0.2, -0.15) is 10.2 Å². The maximum atomic E-state index is 12.4. The number of aryl methyl sites for hydroxylation is 2. The second-order valence-electron chi connectivity index (χ2n) is 8.98. The first kappa shape index (κ1) is 29.0.